The van der Waals surface area contributed by atoms with Gasteiger partial charge in [-0.05, 0) is 87.4 Å². The molecule has 2 fully saturated rings. The number of hydrogen-bond acceptors (Lipinski definition) is 2. The van der Waals surface area contributed by atoms with Crippen LogP contribution in [0.25, 0.3) is 0 Å². The van der Waals surface area contributed by atoms with Crippen molar-refractivity contribution in [2.45, 2.75) is 70.3 Å². The third-order valence-corrected chi connectivity index (χ3v) is 7.05. The molecule has 1 heterocycles. The first-order valence-electron chi connectivity index (χ1n) is 11.4. The topological polar surface area (TPSA) is 49.4 Å². The van der Waals surface area contributed by atoms with Crippen molar-refractivity contribution in [3.05, 3.63) is 65.0 Å². The molecule has 1 atom stereocenters. The molecule has 0 bridgehead atoms. The number of piperidine rings is 1. The molecule has 2 aromatic carbocycles. The van der Waals surface area contributed by atoms with Crippen LogP contribution in [0.1, 0.15) is 73.4 Å². The van der Waals surface area contributed by atoms with Crippen LogP contribution in [0, 0.1) is 12.7 Å². The van der Waals surface area contributed by atoms with E-state index in [1.165, 1.54) is 18.6 Å². The summed E-state index contributed by atoms with van der Waals surface area (Å²) in [6.07, 6.45) is 6.58. The van der Waals surface area contributed by atoms with E-state index in [0.717, 1.165) is 43.4 Å². The Morgan fingerprint density at radius 1 is 1.06 bits per heavy atom. The van der Waals surface area contributed by atoms with Crippen molar-refractivity contribution in [2.24, 2.45) is 0 Å². The van der Waals surface area contributed by atoms with Crippen molar-refractivity contribution >= 4 is 17.5 Å². The Balaban J connectivity index is 1.55. The summed E-state index contributed by atoms with van der Waals surface area (Å²) in [6, 6.07) is 12.2. The number of carbonyl (C=O) groups is 2. The zero-order valence-corrected chi connectivity index (χ0v) is 18.4. The molecule has 0 spiro atoms. The van der Waals surface area contributed by atoms with Crippen molar-refractivity contribution in [3.63, 3.8) is 0 Å². The second-order valence-electron chi connectivity index (χ2n) is 9.13. The monoisotopic (exact) mass is 422 g/mol. The normalized spacial score (nSPS) is 20.5. The van der Waals surface area contributed by atoms with Gasteiger partial charge in [0.1, 0.15) is 5.82 Å². The highest BCUT2D eigenvalue weighted by Crippen LogP contribution is 2.42. The first-order chi connectivity index (χ1) is 14.9. The maximum atomic E-state index is 13.9. The van der Waals surface area contributed by atoms with Gasteiger partial charge in [-0.3, -0.25) is 9.59 Å². The molecule has 1 saturated carbocycles. The molecule has 4 nitrogen and oxygen atoms in total. The third kappa shape index (κ3) is 4.23. The molecule has 1 N–H and O–H groups in total. The highest BCUT2D eigenvalue weighted by atomic mass is 19.1. The van der Waals surface area contributed by atoms with Gasteiger partial charge in [0.15, 0.2) is 0 Å². The number of halogens is 1. The fourth-order valence-corrected chi connectivity index (χ4v) is 5.16. The minimum absolute atomic E-state index is 0.0557. The fourth-order valence-electron chi connectivity index (χ4n) is 5.16. The number of anilines is 1. The second-order valence-corrected chi connectivity index (χ2v) is 9.13. The average Bonchev–Trinajstić information content (AvgIpc) is 3.26. The van der Waals surface area contributed by atoms with E-state index in [0.29, 0.717) is 24.1 Å². The molecule has 164 valence electrons. The summed E-state index contributed by atoms with van der Waals surface area (Å²) in [6.45, 7) is 4.81. The minimum Gasteiger partial charge on any atom is -0.336 e. The van der Waals surface area contributed by atoms with Crippen LogP contribution in [-0.2, 0) is 10.2 Å². The van der Waals surface area contributed by atoms with Crippen LogP contribution in [0.2, 0.25) is 0 Å². The minimum atomic E-state index is -0.702. The van der Waals surface area contributed by atoms with E-state index in [-0.39, 0.29) is 23.7 Å². The molecule has 5 heteroatoms. The predicted molar refractivity (Wildman–Crippen MR) is 121 cm³/mol. The van der Waals surface area contributed by atoms with E-state index in [9.17, 15) is 14.0 Å². The summed E-state index contributed by atoms with van der Waals surface area (Å²) < 4.78 is 13.9. The molecule has 31 heavy (non-hydrogen) atoms. The molecular weight excluding hydrogens is 391 g/mol. The van der Waals surface area contributed by atoms with E-state index in [4.69, 9.17) is 0 Å². The van der Waals surface area contributed by atoms with Gasteiger partial charge in [0.2, 0.25) is 5.91 Å². The molecule has 2 amide bonds. The Labute approximate surface area is 183 Å². The number of rotatable bonds is 4. The van der Waals surface area contributed by atoms with Crippen LogP contribution in [0.15, 0.2) is 42.5 Å². The zero-order chi connectivity index (χ0) is 22.0. The largest absolute Gasteiger partial charge is 0.336 e. The second kappa shape index (κ2) is 8.81. The van der Waals surface area contributed by atoms with Gasteiger partial charge >= 0.3 is 0 Å². The van der Waals surface area contributed by atoms with Gasteiger partial charge in [-0.1, -0.05) is 25.0 Å². The molecule has 2 aliphatic rings. The first kappa shape index (κ1) is 21.5. The van der Waals surface area contributed by atoms with Gasteiger partial charge in [-0.25, -0.2) is 4.39 Å². The van der Waals surface area contributed by atoms with Crippen LogP contribution in [0.3, 0.4) is 0 Å². The smallest absolute Gasteiger partial charge is 0.254 e. The van der Waals surface area contributed by atoms with Crippen LogP contribution < -0.4 is 5.32 Å². The Bertz CT molecular complexity index is 981. The number of benzene rings is 2. The summed E-state index contributed by atoms with van der Waals surface area (Å²) in [5.41, 5.74) is 2.26. The van der Waals surface area contributed by atoms with Crippen LogP contribution in [-0.4, -0.2) is 29.3 Å². The lowest BCUT2D eigenvalue weighted by Gasteiger charge is -2.33. The number of nitrogens with zero attached hydrogens (tertiary/aromatic N) is 1. The summed E-state index contributed by atoms with van der Waals surface area (Å²) in [7, 11) is 0. The van der Waals surface area contributed by atoms with E-state index in [1.807, 2.05) is 30.0 Å². The first-order valence-corrected chi connectivity index (χ1v) is 11.4. The summed E-state index contributed by atoms with van der Waals surface area (Å²) in [5.74, 6) is -0.356. The van der Waals surface area contributed by atoms with Crippen LogP contribution in [0.5, 0.6) is 0 Å². The van der Waals surface area contributed by atoms with E-state index in [2.05, 4.69) is 12.2 Å². The van der Waals surface area contributed by atoms with E-state index >= 15 is 0 Å². The Hall–Kier alpha value is -2.69. The molecule has 1 saturated heterocycles. The quantitative estimate of drug-likeness (QED) is 0.697. The molecule has 1 unspecified atom stereocenters. The molecule has 1 aliphatic carbocycles. The van der Waals surface area contributed by atoms with Gasteiger partial charge < -0.3 is 10.2 Å². The van der Waals surface area contributed by atoms with Crippen molar-refractivity contribution < 1.29 is 14.0 Å². The Kier molecular flexibility index (Phi) is 6.12. The highest BCUT2D eigenvalue weighted by molar-refractivity contribution is 6.01. The molecule has 4 rings (SSSR count). The number of hydrogen-bond donors (Lipinski definition) is 1. The number of likely N-dealkylation sites (tertiary alicyclic amines) is 1. The summed E-state index contributed by atoms with van der Waals surface area (Å²) in [5, 5.41) is 3.08. The van der Waals surface area contributed by atoms with Gasteiger partial charge in [0.25, 0.3) is 5.91 Å². The number of amides is 2. The lowest BCUT2D eigenvalue weighted by Crippen LogP contribution is -2.42. The average molecular weight is 423 g/mol. The molecule has 1 aliphatic heterocycles. The van der Waals surface area contributed by atoms with Crippen molar-refractivity contribution in [2.75, 3.05) is 11.9 Å². The van der Waals surface area contributed by atoms with Gasteiger partial charge in [-0.15, -0.1) is 0 Å². The van der Waals surface area contributed by atoms with Crippen molar-refractivity contribution in [3.8, 4) is 0 Å². The van der Waals surface area contributed by atoms with E-state index in [1.54, 1.807) is 12.1 Å². The zero-order valence-electron chi connectivity index (χ0n) is 18.4. The van der Waals surface area contributed by atoms with Gasteiger partial charge in [0.05, 0.1) is 5.41 Å². The standard InChI is InChI=1S/C26H31FN2O2/c1-18-16-20(24(30)29-15-6-3-8-19(29)2)11-12-23(18)28-25(31)26(13-4-5-14-26)21-9-7-10-22(27)17-21/h7,9-12,16-17,19H,3-6,8,13-15H2,1-2H3,(H,28,31). The highest BCUT2D eigenvalue weighted by Gasteiger charge is 2.43. The lowest BCUT2D eigenvalue weighted by atomic mass is 9.78. The maximum absolute atomic E-state index is 13.9. The third-order valence-electron chi connectivity index (χ3n) is 7.05. The van der Waals surface area contributed by atoms with Crippen LogP contribution >= 0.6 is 0 Å². The number of aryl methyl sites for hydroxylation is 1. The predicted octanol–water partition coefficient (Wildman–Crippen LogP) is 5.60. The maximum Gasteiger partial charge on any atom is 0.254 e. The summed E-state index contributed by atoms with van der Waals surface area (Å²) in [4.78, 5) is 28.3. The van der Waals surface area contributed by atoms with Crippen molar-refractivity contribution in [1.29, 1.82) is 0 Å². The SMILES string of the molecule is Cc1cc(C(=O)N2CCCCC2C)ccc1NC(=O)C1(c2cccc(F)c2)CCCC1. The Morgan fingerprint density at radius 2 is 1.84 bits per heavy atom. The Morgan fingerprint density at radius 3 is 2.52 bits per heavy atom. The fraction of sp³-hybridized carbons (Fsp3) is 0.462. The number of nitrogens with one attached hydrogen (secondary N) is 1. The number of carbonyl (C=O) groups excluding carboxylic acids is 2. The van der Waals surface area contributed by atoms with Gasteiger partial charge in [0, 0.05) is 23.8 Å². The van der Waals surface area contributed by atoms with E-state index < -0.39 is 5.41 Å². The van der Waals surface area contributed by atoms with Crippen LogP contribution in [0.4, 0.5) is 10.1 Å². The molecule has 2 aromatic rings. The molecule has 0 radical (unpaired) electrons. The van der Waals surface area contributed by atoms with Gasteiger partial charge in [-0.2, -0.15) is 0 Å². The molecular formula is C26H31FN2O2. The summed E-state index contributed by atoms with van der Waals surface area (Å²) >= 11 is 0. The van der Waals surface area contributed by atoms with Crippen molar-refractivity contribution in [1.82, 2.24) is 4.90 Å². The molecule has 0 aromatic heterocycles. The lowest BCUT2D eigenvalue weighted by molar-refractivity contribution is -0.121.